The van der Waals surface area contributed by atoms with Gasteiger partial charge in [0.2, 0.25) is 0 Å². The molecule has 1 aliphatic heterocycles. The average molecular weight is 609 g/mol. The Bertz CT molecular complexity index is 1160. The maximum atomic E-state index is 13.9. The van der Waals surface area contributed by atoms with Crippen LogP contribution >= 0.6 is 0 Å². The van der Waals surface area contributed by atoms with Crippen molar-refractivity contribution in [2.45, 2.75) is 87.1 Å². The van der Waals surface area contributed by atoms with Gasteiger partial charge in [0.1, 0.15) is 5.60 Å². The van der Waals surface area contributed by atoms with Gasteiger partial charge in [-0.05, 0) is 88.5 Å². The van der Waals surface area contributed by atoms with Crippen LogP contribution in [0.4, 0.5) is 23.7 Å². The first-order valence-electron chi connectivity index (χ1n) is 15.2. The normalized spacial score (nSPS) is 14.0. The molecule has 0 aliphatic carbocycles. The molecule has 0 spiro atoms. The minimum absolute atomic E-state index is 0.110. The lowest BCUT2D eigenvalue weighted by molar-refractivity contribution is -0.138. The molecule has 2 aromatic carbocycles. The third-order valence-electron chi connectivity index (χ3n) is 6.62. The fraction of sp³-hybridized carbons (Fsp3) is 0.576. The Balaban J connectivity index is 0.00000221. The summed E-state index contributed by atoms with van der Waals surface area (Å²) in [5.41, 5.74) is 1.38. The number of rotatable bonds is 8. The van der Waals surface area contributed by atoms with E-state index in [4.69, 9.17) is 4.74 Å². The van der Waals surface area contributed by atoms with Crippen molar-refractivity contribution in [2.24, 2.45) is 0 Å². The van der Waals surface area contributed by atoms with Crippen LogP contribution in [0.1, 0.15) is 87.5 Å². The SMILES string of the molecule is CC.CC.Cc1ccc(C(=O)Nc2ccc(CN3CCN(CCCNC(=O)OC(C)(C)C)CC3)c(C(F)(F)F)c2)cc1C. The zero-order chi connectivity index (χ0) is 32.8. The van der Waals surface area contributed by atoms with Crippen LogP contribution < -0.4 is 10.6 Å². The number of aryl methyl sites for hydroxylation is 2. The van der Waals surface area contributed by atoms with Gasteiger partial charge in [-0.25, -0.2) is 4.79 Å². The van der Waals surface area contributed by atoms with E-state index in [0.29, 0.717) is 25.2 Å². The van der Waals surface area contributed by atoms with Crippen LogP contribution in [-0.2, 0) is 17.5 Å². The van der Waals surface area contributed by atoms with E-state index in [1.165, 1.54) is 12.1 Å². The van der Waals surface area contributed by atoms with Crippen molar-refractivity contribution in [3.63, 3.8) is 0 Å². The lowest BCUT2D eigenvalue weighted by Gasteiger charge is -2.35. The molecule has 0 atom stereocenters. The Morgan fingerprint density at radius 2 is 1.47 bits per heavy atom. The van der Waals surface area contributed by atoms with Crippen LogP contribution in [0.3, 0.4) is 0 Å². The zero-order valence-electron chi connectivity index (χ0n) is 27.4. The Kier molecular flexibility index (Phi) is 15.8. The number of benzene rings is 2. The molecule has 0 bridgehead atoms. The Morgan fingerprint density at radius 3 is 2.02 bits per heavy atom. The monoisotopic (exact) mass is 608 g/mol. The third-order valence-corrected chi connectivity index (χ3v) is 6.62. The molecule has 7 nitrogen and oxygen atoms in total. The second-order valence-electron chi connectivity index (χ2n) is 11.0. The van der Waals surface area contributed by atoms with E-state index < -0.39 is 29.3 Å². The molecule has 1 aliphatic rings. The zero-order valence-corrected chi connectivity index (χ0v) is 27.4. The minimum Gasteiger partial charge on any atom is -0.444 e. The van der Waals surface area contributed by atoms with E-state index in [1.54, 1.807) is 12.1 Å². The summed E-state index contributed by atoms with van der Waals surface area (Å²) in [5.74, 6) is -0.448. The van der Waals surface area contributed by atoms with Gasteiger partial charge in [-0.1, -0.05) is 39.8 Å². The van der Waals surface area contributed by atoms with Gasteiger partial charge in [-0.3, -0.25) is 9.69 Å². The lowest BCUT2D eigenvalue weighted by atomic mass is 10.0. The van der Waals surface area contributed by atoms with Crippen LogP contribution in [0, 0.1) is 13.8 Å². The Hall–Kier alpha value is -3.11. The van der Waals surface area contributed by atoms with Crippen molar-refractivity contribution in [2.75, 3.05) is 44.6 Å². The second-order valence-corrected chi connectivity index (χ2v) is 11.0. The van der Waals surface area contributed by atoms with Crippen LogP contribution in [0.2, 0.25) is 0 Å². The summed E-state index contributed by atoms with van der Waals surface area (Å²) in [6.07, 6.45) is -4.23. The van der Waals surface area contributed by atoms with Gasteiger partial charge >= 0.3 is 12.3 Å². The number of nitrogens with one attached hydrogen (secondary N) is 2. The fourth-order valence-electron chi connectivity index (χ4n) is 4.36. The first kappa shape index (κ1) is 37.9. The number of ether oxygens (including phenoxy) is 1. The molecule has 1 heterocycles. The van der Waals surface area contributed by atoms with Crippen molar-refractivity contribution in [3.8, 4) is 0 Å². The second kappa shape index (κ2) is 17.9. The number of amides is 2. The number of carbonyl (C=O) groups excluding carboxylic acids is 2. The van der Waals surface area contributed by atoms with Crippen LogP contribution in [0.5, 0.6) is 0 Å². The van der Waals surface area contributed by atoms with Crippen molar-refractivity contribution < 1.29 is 27.5 Å². The fourth-order valence-corrected chi connectivity index (χ4v) is 4.36. The Labute approximate surface area is 256 Å². The molecular formula is C33H51F3N4O3. The highest BCUT2D eigenvalue weighted by atomic mass is 19.4. The van der Waals surface area contributed by atoms with Gasteiger partial charge in [-0.2, -0.15) is 13.2 Å². The van der Waals surface area contributed by atoms with Crippen molar-refractivity contribution in [1.29, 1.82) is 0 Å². The van der Waals surface area contributed by atoms with Crippen molar-refractivity contribution in [1.82, 2.24) is 15.1 Å². The number of alkyl halides is 3. The molecule has 2 aromatic rings. The number of nitrogens with zero attached hydrogens (tertiary/aromatic N) is 2. The molecule has 2 amide bonds. The number of hydrogen-bond acceptors (Lipinski definition) is 5. The summed E-state index contributed by atoms with van der Waals surface area (Å²) in [4.78, 5) is 28.6. The van der Waals surface area contributed by atoms with Gasteiger partial charge in [0, 0.05) is 50.5 Å². The molecule has 43 heavy (non-hydrogen) atoms. The molecule has 0 radical (unpaired) electrons. The number of alkyl carbamates (subject to hydrolysis) is 1. The van der Waals surface area contributed by atoms with Gasteiger partial charge in [0.25, 0.3) is 5.91 Å². The van der Waals surface area contributed by atoms with Gasteiger partial charge in [0.15, 0.2) is 0 Å². The highest BCUT2D eigenvalue weighted by molar-refractivity contribution is 6.04. The summed E-state index contributed by atoms with van der Waals surface area (Å²) >= 11 is 0. The molecular weight excluding hydrogens is 557 g/mol. The molecule has 2 N–H and O–H groups in total. The maximum Gasteiger partial charge on any atom is 0.416 e. The quantitative estimate of drug-likeness (QED) is 0.301. The van der Waals surface area contributed by atoms with E-state index in [0.717, 1.165) is 43.2 Å². The predicted molar refractivity (Wildman–Crippen MR) is 169 cm³/mol. The standard InChI is InChI=1S/C29H39F3N4O3.2C2H6/c1-20-7-8-22(17-21(20)2)26(37)34-24-10-9-23(25(18-24)29(30,31)32)19-36-15-13-35(14-16-36)12-6-11-33-27(38)39-28(3,4)5;2*1-2/h7-10,17-18H,6,11-16,19H2,1-5H3,(H,33,38)(H,34,37);2*1-2H3. The molecule has 0 aromatic heterocycles. The topological polar surface area (TPSA) is 73.9 Å². The molecule has 3 rings (SSSR count). The number of piperazine rings is 1. The van der Waals surface area contributed by atoms with Gasteiger partial charge in [-0.15, -0.1) is 0 Å². The lowest BCUT2D eigenvalue weighted by Crippen LogP contribution is -2.46. The summed E-state index contributed by atoms with van der Waals surface area (Å²) in [6.45, 7) is 21.4. The summed E-state index contributed by atoms with van der Waals surface area (Å²) in [7, 11) is 0. The molecule has 0 unspecified atom stereocenters. The number of anilines is 1. The van der Waals surface area contributed by atoms with E-state index in [-0.39, 0.29) is 17.8 Å². The molecule has 0 saturated carbocycles. The molecule has 242 valence electrons. The predicted octanol–water partition coefficient (Wildman–Crippen LogP) is 7.66. The van der Waals surface area contributed by atoms with E-state index in [9.17, 15) is 22.8 Å². The van der Waals surface area contributed by atoms with Gasteiger partial charge < -0.3 is 20.3 Å². The number of halogens is 3. The van der Waals surface area contributed by atoms with Crippen molar-refractivity contribution in [3.05, 3.63) is 64.2 Å². The van der Waals surface area contributed by atoms with Gasteiger partial charge in [0.05, 0.1) is 5.56 Å². The van der Waals surface area contributed by atoms with Crippen molar-refractivity contribution >= 4 is 17.7 Å². The smallest absolute Gasteiger partial charge is 0.416 e. The summed E-state index contributed by atoms with van der Waals surface area (Å²) in [6, 6.07) is 9.19. The average Bonchev–Trinajstić information content (AvgIpc) is 2.95. The molecule has 1 fully saturated rings. The third kappa shape index (κ3) is 13.4. The van der Waals surface area contributed by atoms with E-state index >= 15 is 0 Å². The first-order valence-corrected chi connectivity index (χ1v) is 15.2. The van der Waals surface area contributed by atoms with Crippen LogP contribution in [0.15, 0.2) is 36.4 Å². The summed E-state index contributed by atoms with van der Waals surface area (Å²) in [5, 5.41) is 5.34. The highest BCUT2D eigenvalue weighted by Gasteiger charge is 2.34. The minimum atomic E-state index is -4.54. The van der Waals surface area contributed by atoms with Crippen LogP contribution in [-0.4, -0.2) is 66.7 Å². The highest BCUT2D eigenvalue weighted by Crippen LogP contribution is 2.34. The Morgan fingerprint density at radius 1 is 0.860 bits per heavy atom. The summed E-state index contributed by atoms with van der Waals surface area (Å²) < 4.78 is 47.1. The largest absolute Gasteiger partial charge is 0.444 e. The first-order chi connectivity index (χ1) is 20.2. The molecule has 1 saturated heterocycles. The number of hydrogen-bond donors (Lipinski definition) is 2. The number of carbonyl (C=O) groups is 2. The molecule has 10 heteroatoms. The van der Waals surface area contributed by atoms with Crippen LogP contribution in [0.25, 0.3) is 0 Å². The van der Waals surface area contributed by atoms with E-state index in [1.807, 2.05) is 73.3 Å². The maximum absolute atomic E-state index is 13.9. The van der Waals surface area contributed by atoms with E-state index in [2.05, 4.69) is 15.5 Å².